The quantitative estimate of drug-likeness (QED) is 0.631. The molecule has 3 heteroatoms. The largest absolute Gasteiger partial charge is 0.301 e. The Hall–Kier alpha value is -1.25. The van der Waals surface area contributed by atoms with Crippen molar-refractivity contribution in [2.45, 2.75) is 91.4 Å². The van der Waals surface area contributed by atoms with Gasteiger partial charge in [-0.15, -0.1) is 0 Å². The normalized spacial score (nSPS) is 24.5. The molecule has 1 N–H and O–H groups in total. The number of hydrogen-bond donors (Lipinski definition) is 1. The van der Waals surface area contributed by atoms with Crippen molar-refractivity contribution >= 4 is 17.3 Å². The number of rotatable bonds is 6. The van der Waals surface area contributed by atoms with Crippen LogP contribution in [-0.2, 0) is 9.59 Å². The maximum atomic E-state index is 12.5. The highest BCUT2D eigenvalue weighted by Crippen LogP contribution is 2.38. The highest BCUT2D eigenvalue weighted by Gasteiger charge is 2.27. The summed E-state index contributed by atoms with van der Waals surface area (Å²) >= 11 is 0. The van der Waals surface area contributed by atoms with Crippen molar-refractivity contribution in [3.8, 4) is 0 Å². The van der Waals surface area contributed by atoms with Crippen LogP contribution in [0, 0.1) is 22.7 Å². The molecule has 2 aliphatic carbocycles. The van der Waals surface area contributed by atoms with Crippen molar-refractivity contribution in [3.63, 3.8) is 0 Å². The van der Waals surface area contributed by atoms with Gasteiger partial charge in [-0.2, -0.15) is 0 Å². The Labute approximate surface area is 153 Å². The Kier molecular flexibility index (Phi) is 7.15. The van der Waals surface area contributed by atoms with E-state index in [1.54, 1.807) is 0 Å². The first-order valence-corrected chi connectivity index (χ1v) is 10.1. The summed E-state index contributed by atoms with van der Waals surface area (Å²) in [7, 11) is 0. The summed E-state index contributed by atoms with van der Waals surface area (Å²) in [5.74, 6) is 1.81. The molecule has 2 aliphatic rings. The molecule has 25 heavy (non-hydrogen) atoms. The van der Waals surface area contributed by atoms with Crippen LogP contribution in [0.15, 0.2) is 11.6 Å². The van der Waals surface area contributed by atoms with E-state index in [9.17, 15) is 9.59 Å². The zero-order valence-electron chi connectivity index (χ0n) is 16.3. The van der Waals surface area contributed by atoms with E-state index in [1.807, 2.05) is 20.8 Å². The third-order valence-electron chi connectivity index (χ3n) is 5.97. The van der Waals surface area contributed by atoms with E-state index in [0.29, 0.717) is 19.3 Å². The Bertz CT molecular complexity index is 539. The van der Waals surface area contributed by atoms with Crippen LogP contribution in [0.5, 0.6) is 0 Å². The molecule has 2 unspecified atom stereocenters. The molecular weight excluding hydrogens is 310 g/mol. The van der Waals surface area contributed by atoms with Crippen molar-refractivity contribution in [1.29, 1.82) is 5.41 Å². The number of carbonyl (C=O) groups excluding carboxylic acids is 2. The molecule has 0 bridgehead atoms. The van der Waals surface area contributed by atoms with Crippen molar-refractivity contribution < 1.29 is 9.59 Å². The number of ketones is 2. The summed E-state index contributed by atoms with van der Waals surface area (Å²) in [6.45, 7) is 5.66. The van der Waals surface area contributed by atoms with Crippen LogP contribution in [0.2, 0.25) is 0 Å². The summed E-state index contributed by atoms with van der Waals surface area (Å²) in [6.07, 6.45) is 13.3. The van der Waals surface area contributed by atoms with Gasteiger partial charge in [0.05, 0.1) is 5.71 Å². The molecule has 1 saturated carbocycles. The van der Waals surface area contributed by atoms with Gasteiger partial charge in [0.25, 0.3) is 0 Å². The minimum atomic E-state index is -0.403. The number of fused-ring (bicyclic) bond motifs is 1. The molecule has 2 rings (SSSR count). The van der Waals surface area contributed by atoms with Crippen molar-refractivity contribution in [3.05, 3.63) is 11.6 Å². The lowest BCUT2D eigenvalue weighted by Gasteiger charge is -2.33. The van der Waals surface area contributed by atoms with Crippen LogP contribution < -0.4 is 0 Å². The van der Waals surface area contributed by atoms with E-state index >= 15 is 0 Å². The van der Waals surface area contributed by atoms with E-state index in [1.165, 1.54) is 32.1 Å². The second kappa shape index (κ2) is 8.91. The SMILES string of the molecule is CC(C)(C)C(=N)C(=O)CCCC(=O)C1=CCCC2CCCCC2CC1. The van der Waals surface area contributed by atoms with Crippen LogP contribution in [-0.4, -0.2) is 17.3 Å². The van der Waals surface area contributed by atoms with Crippen LogP contribution in [0.4, 0.5) is 0 Å². The maximum Gasteiger partial charge on any atom is 0.176 e. The van der Waals surface area contributed by atoms with Gasteiger partial charge in [0, 0.05) is 18.3 Å². The number of carbonyl (C=O) groups is 2. The predicted molar refractivity (Wildman–Crippen MR) is 103 cm³/mol. The van der Waals surface area contributed by atoms with Crippen molar-refractivity contribution in [1.82, 2.24) is 0 Å². The molecule has 0 radical (unpaired) electrons. The molecule has 0 amide bonds. The number of allylic oxidation sites excluding steroid dienone is 2. The second-order valence-electron chi connectivity index (χ2n) is 8.97. The summed E-state index contributed by atoms with van der Waals surface area (Å²) in [6, 6.07) is 0. The molecule has 2 atom stereocenters. The molecule has 0 aromatic carbocycles. The Morgan fingerprint density at radius 1 is 1.04 bits per heavy atom. The zero-order valence-corrected chi connectivity index (χ0v) is 16.3. The van der Waals surface area contributed by atoms with Gasteiger partial charge in [-0.1, -0.05) is 52.5 Å². The highest BCUT2D eigenvalue weighted by atomic mass is 16.1. The molecule has 140 valence electrons. The average molecular weight is 346 g/mol. The number of Topliss-reactive ketones (excluding diaryl/α,β-unsaturated/α-hetero) is 2. The third-order valence-corrected chi connectivity index (χ3v) is 5.97. The molecular formula is C22H35NO2. The lowest BCUT2D eigenvalue weighted by molar-refractivity contribution is -0.116. The van der Waals surface area contributed by atoms with Crippen LogP contribution in [0.25, 0.3) is 0 Å². The van der Waals surface area contributed by atoms with Gasteiger partial charge < -0.3 is 5.41 Å². The fourth-order valence-corrected chi connectivity index (χ4v) is 4.33. The second-order valence-corrected chi connectivity index (χ2v) is 8.97. The van der Waals surface area contributed by atoms with Crippen LogP contribution in [0.3, 0.4) is 0 Å². The fraction of sp³-hybridized carbons (Fsp3) is 0.773. The smallest absolute Gasteiger partial charge is 0.176 e. The van der Waals surface area contributed by atoms with Crippen molar-refractivity contribution in [2.75, 3.05) is 0 Å². The highest BCUT2D eigenvalue weighted by molar-refractivity contribution is 6.40. The van der Waals surface area contributed by atoms with Gasteiger partial charge in [-0.05, 0) is 49.5 Å². The summed E-state index contributed by atoms with van der Waals surface area (Å²) in [5, 5.41) is 7.92. The molecule has 1 fully saturated rings. The third kappa shape index (κ3) is 5.90. The first-order chi connectivity index (χ1) is 11.8. The fourth-order valence-electron chi connectivity index (χ4n) is 4.33. The van der Waals surface area contributed by atoms with Crippen LogP contribution >= 0.6 is 0 Å². The molecule has 3 nitrogen and oxygen atoms in total. The first-order valence-electron chi connectivity index (χ1n) is 10.1. The Morgan fingerprint density at radius 3 is 2.32 bits per heavy atom. The minimum Gasteiger partial charge on any atom is -0.301 e. The lowest BCUT2D eigenvalue weighted by atomic mass is 9.73. The molecule has 0 aromatic rings. The predicted octanol–water partition coefficient (Wildman–Crippen LogP) is 5.67. The first kappa shape index (κ1) is 20.1. The van der Waals surface area contributed by atoms with Gasteiger partial charge in [0.2, 0.25) is 0 Å². The minimum absolute atomic E-state index is 0.114. The van der Waals surface area contributed by atoms with Gasteiger partial charge in [0.15, 0.2) is 11.6 Å². The van der Waals surface area contributed by atoms with E-state index in [2.05, 4.69) is 6.08 Å². The van der Waals surface area contributed by atoms with E-state index < -0.39 is 5.41 Å². The molecule has 0 aromatic heterocycles. The van der Waals surface area contributed by atoms with Crippen molar-refractivity contribution in [2.24, 2.45) is 17.3 Å². The van der Waals surface area contributed by atoms with E-state index in [-0.39, 0.29) is 17.3 Å². The van der Waals surface area contributed by atoms with Gasteiger partial charge in [-0.3, -0.25) is 9.59 Å². The average Bonchev–Trinajstić information content (AvgIpc) is 2.53. The van der Waals surface area contributed by atoms with Crippen LogP contribution in [0.1, 0.15) is 91.4 Å². The van der Waals surface area contributed by atoms with E-state index in [0.717, 1.165) is 36.7 Å². The van der Waals surface area contributed by atoms with Gasteiger partial charge >= 0.3 is 0 Å². The number of hydrogen-bond acceptors (Lipinski definition) is 3. The lowest BCUT2D eigenvalue weighted by Crippen LogP contribution is -2.27. The summed E-state index contributed by atoms with van der Waals surface area (Å²) in [4.78, 5) is 24.6. The van der Waals surface area contributed by atoms with Gasteiger partial charge in [0.1, 0.15) is 0 Å². The van der Waals surface area contributed by atoms with Gasteiger partial charge in [-0.25, -0.2) is 0 Å². The molecule has 0 saturated heterocycles. The Morgan fingerprint density at radius 2 is 1.68 bits per heavy atom. The topological polar surface area (TPSA) is 58.0 Å². The van der Waals surface area contributed by atoms with E-state index in [4.69, 9.17) is 5.41 Å². The molecule has 0 aliphatic heterocycles. The molecule has 0 heterocycles. The molecule has 0 spiro atoms. The Balaban J connectivity index is 1.80. The zero-order chi connectivity index (χ0) is 18.4. The summed E-state index contributed by atoms with van der Waals surface area (Å²) < 4.78 is 0. The maximum absolute atomic E-state index is 12.5. The monoisotopic (exact) mass is 345 g/mol. The number of nitrogens with one attached hydrogen (secondary N) is 1. The standard InChI is InChI=1S/C22H35NO2/c1-22(2,3)21(23)20(25)13-7-12-19(24)18-11-6-10-16-8-4-5-9-17(16)14-15-18/h11,16-17,23H,4-10,12-15H2,1-3H3. The summed E-state index contributed by atoms with van der Waals surface area (Å²) in [5.41, 5.74) is 0.774.